The maximum Gasteiger partial charge on any atom is 0.416 e. The van der Waals surface area contributed by atoms with Gasteiger partial charge in [-0.05, 0) is 17.7 Å². The van der Waals surface area contributed by atoms with Gasteiger partial charge in [0.2, 0.25) is 0 Å². The molecule has 5 heteroatoms. The van der Waals surface area contributed by atoms with Crippen LogP contribution >= 0.6 is 0 Å². The van der Waals surface area contributed by atoms with Gasteiger partial charge in [0.05, 0.1) is 5.56 Å². The zero-order valence-corrected chi connectivity index (χ0v) is 8.29. The molecule has 0 spiro atoms. The highest BCUT2D eigenvalue weighted by Gasteiger charge is 2.30. The fraction of sp³-hybridized carbons (Fsp3) is 0.182. The largest absolute Gasteiger partial charge is 0.416 e. The zero-order valence-electron chi connectivity index (χ0n) is 8.29. The summed E-state index contributed by atoms with van der Waals surface area (Å²) in [6.45, 7) is 0.263. The minimum absolute atomic E-state index is 0.000440. The van der Waals surface area contributed by atoms with Crippen LogP contribution in [-0.4, -0.2) is 12.8 Å². The predicted molar refractivity (Wildman–Crippen MR) is 54.9 cm³/mol. The van der Waals surface area contributed by atoms with Gasteiger partial charge in [0.25, 0.3) is 0 Å². The average Bonchev–Trinajstić information content (AvgIpc) is 2.24. The summed E-state index contributed by atoms with van der Waals surface area (Å²) >= 11 is 0. The summed E-state index contributed by atoms with van der Waals surface area (Å²) in [5.74, 6) is 0. The minimum atomic E-state index is -4.44. The van der Waals surface area contributed by atoms with E-state index in [0.717, 1.165) is 12.1 Å². The standard InChI is InChI=1S/C11H10F3NO/c12-11(13,14)10-4-3-8(2-1-5-15)9(6-10)7-16/h1-4,6-7H,5,15H2. The topological polar surface area (TPSA) is 43.1 Å². The molecule has 2 N–H and O–H groups in total. The molecule has 16 heavy (non-hydrogen) atoms. The SMILES string of the molecule is NCC=Cc1ccc(C(F)(F)F)cc1C=O. The minimum Gasteiger partial charge on any atom is -0.327 e. The van der Waals surface area contributed by atoms with E-state index in [1.54, 1.807) is 6.08 Å². The first-order valence-corrected chi connectivity index (χ1v) is 4.52. The molecule has 0 amide bonds. The number of halogens is 3. The first kappa shape index (κ1) is 12.4. The van der Waals surface area contributed by atoms with Crippen molar-refractivity contribution < 1.29 is 18.0 Å². The summed E-state index contributed by atoms with van der Waals surface area (Å²) in [4.78, 5) is 10.6. The fourth-order valence-electron chi connectivity index (χ4n) is 1.20. The van der Waals surface area contributed by atoms with Crippen molar-refractivity contribution in [2.45, 2.75) is 6.18 Å². The molecule has 0 atom stereocenters. The molecule has 0 saturated heterocycles. The highest BCUT2D eigenvalue weighted by molar-refractivity contribution is 5.82. The van der Waals surface area contributed by atoms with E-state index in [4.69, 9.17) is 5.73 Å². The summed E-state index contributed by atoms with van der Waals surface area (Å²) in [7, 11) is 0. The average molecular weight is 229 g/mol. The van der Waals surface area contributed by atoms with Gasteiger partial charge in [-0.2, -0.15) is 13.2 Å². The zero-order chi connectivity index (χ0) is 12.2. The van der Waals surface area contributed by atoms with Gasteiger partial charge in [0.1, 0.15) is 0 Å². The van der Waals surface area contributed by atoms with E-state index in [9.17, 15) is 18.0 Å². The van der Waals surface area contributed by atoms with Crippen LogP contribution in [0.15, 0.2) is 24.3 Å². The Balaban J connectivity index is 3.17. The van der Waals surface area contributed by atoms with Crippen LogP contribution in [0.5, 0.6) is 0 Å². The molecular formula is C11H10F3NO. The summed E-state index contributed by atoms with van der Waals surface area (Å²) in [5, 5.41) is 0. The molecule has 2 nitrogen and oxygen atoms in total. The lowest BCUT2D eigenvalue weighted by Gasteiger charge is -2.08. The summed E-state index contributed by atoms with van der Waals surface area (Å²) in [5.41, 5.74) is 4.80. The van der Waals surface area contributed by atoms with Crippen molar-refractivity contribution >= 4 is 12.4 Å². The first-order valence-electron chi connectivity index (χ1n) is 4.52. The Kier molecular flexibility index (Phi) is 3.84. The van der Waals surface area contributed by atoms with E-state index in [-0.39, 0.29) is 12.1 Å². The van der Waals surface area contributed by atoms with Crippen molar-refractivity contribution in [3.63, 3.8) is 0 Å². The predicted octanol–water partition coefficient (Wildman–Crippen LogP) is 2.49. The van der Waals surface area contributed by atoms with Crippen molar-refractivity contribution in [1.82, 2.24) is 0 Å². The molecule has 86 valence electrons. The second-order valence-electron chi connectivity index (χ2n) is 3.10. The molecule has 0 heterocycles. The van der Waals surface area contributed by atoms with Crippen molar-refractivity contribution in [3.05, 3.63) is 41.0 Å². The molecule has 0 saturated carbocycles. The molecule has 1 aromatic carbocycles. The number of carbonyl (C=O) groups is 1. The molecule has 0 unspecified atom stereocenters. The number of hydrogen-bond donors (Lipinski definition) is 1. The first-order chi connectivity index (χ1) is 7.49. The summed E-state index contributed by atoms with van der Waals surface area (Å²) in [6.07, 6.45) is -0.960. The van der Waals surface area contributed by atoms with Crippen LogP contribution in [0.1, 0.15) is 21.5 Å². The van der Waals surface area contributed by atoms with Gasteiger partial charge in [0.15, 0.2) is 6.29 Å². The van der Waals surface area contributed by atoms with E-state index in [2.05, 4.69) is 0 Å². The van der Waals surface area contributed by atoms with Crippen molar-refractivity contribution in [2.75, 3.05) is 6.54 Å². The summed E-state index contributed by atoms with van der Waals surface area (Å²) < 4.78 is 37.0. The highest BCUT2D eigenvalue weighted by atomic mass is 19.4. The number of alkyl halides is 3. The van der Waals surface area contributed by atoms with Crippen LogP contribution in [0.4, 0.5) is 13.2 Å². The Morgan fingerprint density at radius 3 is 2.44 bits per heavy atom. The van der Waals surface area contributed by atoms with Crippen molar-refractivity contribution in [2.24, 2.45) is 5.73 Å². The lowest BCUT2D eigenvalue weighted by Crippen LogP contribution is -2.06. The van der Waals surface area contributed by atoms with Gasteiger partial charge >= 0.3 is 6.18 Å². The highest BCUT2D eigenvalue weighted by Crippen LogP contribution is 2.30. The lowest BCUT2D eigenvalue weighted by molar-refractivity contribution is -0.137. The maximum atomic E-state index is 12.3. The normalized spacial score (nSPS) is 12.0. The van der Waals surface area contributed by atoms with E-state index in [0.29, 0.717) is 11.8 Å². The second-order valence-corrected chi connectivity index (χ2v) is 3.10. The lowest BCUT2D eigenvalue weighted by atomic mass is 10.0. The van der Waals surface area contributed by atoms with Gasteiger partial charge in [-0.25, -0.2) is 0 Å². The van der Waals surface area contributed by atoms with Gasteiger partial charge < -0.3 is 5.73 Å². The molecule has 0 bridgehead atoms. The molecular weight excluding hydrogens is 219 g/mol. The van der Waals surface area contributed by atoms with E-state index in [1.807, 2.05) is 0 Å². The van der Waals surface area contributed by atoms with E-state index < -0.39 is 11.7 Å². The van der Waals surface area contributed by atoms with Gasteiger partial charge in [-0.15, -0.1) is 0 Å². The van der Waals surface area contributed by atoms with Crippen LogP contribution in [0.2, 0.25) is 0 Å². The number of nitrogens with two attached hydrogens (primary N) is 1. The van der Waals surface area contributed by atoms with Crippen LogP contribution in [0.25, 0.3) is 6.08 Å². The molecule has 0 fully saturated rings. The van der Waals surface area contributed by atoms with E-state index >= 15 is 0 Å². The Morgan fingerprint density at radius 2 is 1.94 bits per heavy atom. The van der Waals surface area contributed by atoms with E-state index in [1.165, 1.54) is 12.1 Å². The van der Waals surface area contributed by atoms with Gasteiger partial charge in [-0.1, -0.05) is 18.2 Å². The van der Waals surface area contributed by atoms with Gasteiger partial charge in [0, 0.05) is 12.1 Å². The van der Waals surface area contributed by atoms with Crippen LogP contribution < -0.4 is 5.73 Å². The van der Waals surface area contributed by atoms with Crippen molar-refractivity contribution in [3.8, 4) is 0 Å². The number of hydrogen-bond acceptors (Lipinski definition) is 2. The molecule has 1 rings (SSSR count). The molecule has 0 aromatic heterocycles. The maximum absolute atomic E-state index is 12.3. The monoisotopic (exact) mass is 229 g/mol. The molecule has 1 aromatic rings. The van der Waals surface area contributed by atoms with Crippen LogP contribution in [0.3, 0.4) is 0 Å². The number of carbonyl (C=O) groups excluding carboxylic acids is 1. The second kappa shape index (κ2) is 4.94. The Bertz CT molecular complexity index is 410. The quantitative estimate of drug-likeness (QED) is 0.809. The third-order valence-corrected chi connectivity index (χ3v) is 1.97. The fourth-order valence-corrected chi connectivity index (χ4v) is 1.20. The number of rotatable bonds is 3. The Morgan fingerprint density at radius 1 is 1.25 bits per heavy atom. The van der Waals surface area contributed by atoms with Gasteiger partial charge in [-0.3, -0.25) is 4.79 Å². The Hall–Kier alpha value is -1.62. The van der Waals surface area contributed by atoms with Crippen LogP contribution in [-0.2, 0) is 6.18 Å². The molecule has 0 aliphatic heterocycles. The molecule has 0 aliphatic carbocycles. The number of benzene rings is 1. The third kappa shape index (κ3) is 2.93. The smallest absolute Gasteiger partial charge is 0.327 e. The third-order valence-electron chi connectivity index (χ3n) is 1.97. The molecule has 0 radical (unpaired) electrons. The molecule has 0 aliphatic rings. The summed E-state index contributed by atoms with van der Waals surface area (Å²) in [6, 6.07) is 3.01. The van der Waals surface area contributed by atoms with Crippen LogP contribution in [0, 0.1) is 0 Å². The number of aldehydes is 1. The van der Waals surface area contributed by atoms with Crippen molar-refractivity contribution in [1.29, 1.82) is 0 Å². The Labute approximate surface area is 90.6 Å².